The van der Waals surface area contributed by atoms with Crippen molar-refractivity contribution in [2.75, 3.05) is 5.73 Å². The molecule has 3 aliphatic carbocycles. The van der Waals surface area contributed by atoms with E-state index in [2.05, 4.69) is 27.7 Å². The lowest BCUT2D eigenvalue weighted by Gasteiger charge is -2.60. The van der Waals surface area contributed by atoms with Gasteiger partial charge in [0, 0.05) is 33.6 Å². The third-order valence-corrected chi connectivity index (χ3v) is 10.3. The summed E-state index contributed by atoms with van der Waals surface area (Å²) in [6.45, 7) is 10.6. The van der Waals surface area contributed by atoms with Crippen molar-refractivity contribution in [2.24, 2.45) is 28.1 Å². The molecule has 5 rings (SSSR count). The monoisotopic (exact) mass is 501 g/mol. The molecular weight excluding hydrogens is 462 g/mol. The van der Waals surface area contributed by atoms with Crippen LogP contribution in [0.2, 0.25) is 0 Å². The van der Waals surface area contributed by atoms with Gasteiger partial charge in [-0.15, -0.1) is 0 Å². The van der Waals surface area contributed by atoms with Crippen LogP contribution >= 0.6 is 0 Å². The molecule has 1 aromatic carbocycles. The number of hydrogen-bond donors (Lipinski definition) is 2. The van der Waals surface area contributed by atoms with Gasteiger partial charge in [-0.25, -0.2) is 0 Å². The number of rotatable bonds is 5. The first-order valence-electron chi connectivity index (χ1n) is 13.5. The number of aldehydes is 1. The third kappa shape index (κ3) is 3.61. The van der Waals surface area contributed by atoms with E-state index < -0.39 is 16.9 Å². The van der Waals surface area contributed by atoms with Crippen LogP contribution in [0.25, 0.3) is 11.3 Å². The average molecular weight is 502 g/mol. The van der Waals surface area contributed by atoms with E-state index in [-0.39, 0.29) is 29.0 Å². The number of nitrogens with two attached hydrogens (primary N) is 1. The Labute approximate surface area is 219 Å². The van der Waals surface area contributed by atoms with Crippen LogP contribution in [0.3, 0.4) is 0 Å². The fraction of sp³-hybridized carbons (Fsp3) is 0.500. The van der Waals surface area contributed by atoms with Gasteiger partial charge in [0.15, 0.2) is 5.78 Å². The quantitative estimate of drug-likeness (QED) is 0.278. The SMILES string of the molecule is CCC1C(C)(C2=C(C)[C@H](c3ccoc3-c3ccc(N)cc3)CC2O)CCC2C(C)(C=O)C=CC(=O)C21C. The molecule has 3 N–H and O–H groups in total. The zero-order chi connectivity index (χ0) is 26.8. The van der Waals surface area contributed by atoms with Crippen molar-refractivity contribution >= 4 is 17.8 Å². The predicted octanol–water partition coefficient (Wildman–Crippen LogP) is 6.49. The molecule has 196 valence electrons. The van der Waals surface area contributed by atoms with E-state index in [1.54, 1.807) is 12.3 Å². The minimum Gasteiger partial charge on any atom is -0.464 e. The number of carbonyl (C=O) groups excluding carboxylic acids is 2. The van der Waals surface area contributed by atoms with Crippen LogP contribution < -0.4 is 5.73 Å². The average Bonchev–Trinajstić information content (AvgIpc) is 3.46. The molecule has 0 bridgehead atoms. The van der Waals surface area contributed by atoms with Crippen molar-refractivity contribution in [3.63, 3.8) is 0 Å². The molecule has 37 heavy (non-hydrogen) atoms. The normalized spacial score (nSPS) is 37.6. The number of furan rings is 1. The number of aliphatic hydroxyl groups is 1. The molecule has 0 saturated heterocycles. The summed E-state index contributed by atoms with van der Waals surface area (Å²) in [5, 5.41) is 11.6. The summed E-state index contributed by atoms with van der Waals surface area (Å²) in [5.41, 5.74) is 9.20. The standard InChI is InChI=1S/C32H39NO4/c1-6-25-31(4,15-11-26-30(3,18-34)14-12-27(36)32(25,26)5)28-19(2)23(17-24(28)35)22-13-16-37-29(22)20-7-9-21(33)10-8-20/h7-10,12-14,16,18,23-26,35H,6,11,15,17,33H2,1-5H3/t23-,24?,25?,26?,30?,31?,32?/m1/s1. The van der Waals surface area contributed by atoms with Gasteiger partial charge in [-0.2, -0.15) is 0 Å². The lowest BCUT2D eigenvalue weighted by Crippen LogP contribution is -2.59. The summed E-state index contributed by atoms with van der Waals surface area (Å²) in [6, 6.07) is 9.68. The molecule has 5 heteroatoms. The maximum atomic E-state index is 13.6. The molecule has 7 atom stereocenters. The topological polar surface area (TPSA) is 93.5 Å². The minimum atomic E-state index is -0.665. The summed E-state index contributed by atoms with van der Waals surface area (Å²) in [6.07, 6.45) is 8.60. The van der Waals surface area contributed by atoms with E-state index in [9.17, 15) is 14.7 Å². The second kappa shape index (κ2) is 8.83. The van der Waals surface area contributed by atoms with Crippen LogP contribution in [0.1, 0.15) is 71.8 Å². The molecule has 0 radical (unpaired) electrons. The predicted molar refractivity (Wildman–Crippen MR) is 146 cm³/mol. The molecule has 0 aliphatic heterocycles. The Morgan fingerprint density at radius 1 is 1.16 bits per heavy atom. The molecular formula is C32H39NO4. The van der Waals surface area contributed by atoms with Crippen molar-refractivity contribution in [2.45, 2.75) is 72.3 Å². The number of anilines is 1. The van der Waals surface area contributed by atoms with E-state index in [0.717, 1.165) is 48.0 Å². The van der Waals surface area contributed by atoms with Crippen molar-refractivity contribution in [3.05, 3.63) is 65.5 Å². The van der Waals surface area contributed by atoms with Gasteiger partial charge in [-0.1, -0.05) is 38.8 Å². The molecule has 1 fully saturated rings. The lowest BCUT2D eigenvalue weighted by molar-refractivity contribution is -0.151. The van der Waals surface area contributed by atoms with Crippen LogP contribution in [-0.4, -0.2) is 23.3 Å². The summed E-state index contributed by atoms with van der Waals surface area (Å²) < 4.78 is 5.94. The van der Waals surface area contributed by atoms with Crippen LogP contribution in [0.15, 0.2) is 64.3 Å². The Morgan fingerprint density at radius 2 is 1.86 bits per heavy atom. The van der Waals surface area contributed by atoms with E-state index in [0.29, 0.717) is 12.1 Å². The van der Waals surface area contributed by atoms with Crippen LogP contribution in [0.5, 0.6) is 0 Å². The van der Waals surface area contributed by atoms with E-state index in [1.807, 2.05) is 43.3 Å². The first-order valence-corrected chi connectivity index (χ1v) is 13.5. The van der Waals surface area contributed by atoms with Gasteiger partial charge in [0.25, 0.3) is 0 Å². The highest BCUT2D eigenvalue weighted by atomic mass is 16.3. The smallest absolute Gasteiger partial charge is 0.161 e. The molecule has 3 aliphatic rings. The highest BCUT2D eigenvalue weighted by Crippen LogP contribution is 2.66. The summed E-state index contributed by atoms with van der Waals surface area (Å²) in [4.78, 5) is 25.8. The van der Waals surface area contributed by atoms with Gasteiger partial charge >= 0.3 is 0 Å². The van der Waals surface area contributed by atoms with Gasteiger partial charge in [-0.05, 0) is 92.3 Å². The van der Waals surface area contributed by atoms with Crippen molar-refractivity contribution < 1.29 is 19.1 Å². The molecule has 0 amide bonds. The minimum absolute atomic E-state index is 0.00902. The van der Waals surface area contributed by atoms with Gasteiger partial charge in [0.05, 0.1) is 12.4 Å². The van der Waals surface area contributed by atoms with Gasteiger partial charge in [-0.3, -0.25) is 4.79 Å². The van der Waals surface area contributed by atoms with Crippen molar-refractivity contribution in [1.29, 1.82) is 0 Å². The maximum absolute atomic E-state index is 13.6. The largest absolute Gasteiger partial charge is 0.464 e. The van der Waals surface area contributed by atoms with Crippen LogP contribution in [0.4, 0.5) is 5.69 Å². The maximum Gasteiger partial charge on any atom is 0.161 e. The zero-order valence-electron chi connectivity index (χ0n) is 22.6. The van der Waals surface area contributed by atoms with E-state index in [1.165, 1.54) is 5.57 Å². The Hall–Kier alpha value is -2.92. The second-order valence-corrected chi connectivity index (χ2v) is 12.2. The fourth-order valence-corrected chi connectivity index (χ4v) is 8.62. The van der Waals surface area contributed by atoms with Gasteiger partial charge in [0.2, 0.25) is 0 Å². The summed E-state index contributed by atoms with van der Waals surface area (Å²) in [5.74, 6) is 0.903. The number of benzene rings is 1. The van der Waals surface area contributed by atoms with Gasteiger partial charge in [0.1, 0.15) is 12.0 Å². The molecule has 5 nitrogen and oxygen atoms in total. The molecule has 0 spiro atoms. The molecule has 1 heterocycles. The first kappa shape index (κ1) is 25.7. The number of ketones is 1. The molecule has 1 aromatic heterocycles. The van der Waals surface area contributed by atoms with E-state index in [4.69, 9.17) is 10.2 Å². The van der Waals surface area contributed by atoms with E-state index >= 15 is 0 Å². The Kier molecular flexibility index (Phi) is 6.14. The summed E-state index contributed by atoms with van der Waals surface area (Å²) in [7, 11) is 0. The summed E-state index contributed by atoms with van der Waals surface area (Å²) >= 11 is 0. The Bertz CT molecular complexity index is 1290. The zero-order valence-corrected chi connectivity index (χ0v) is 22.6. The highest BCUT2D eigenvalue weighted by Gasteiger charge is 2.63. The molecule has 1 saturated carbocycles. The second-order valence-electron chi connectivity index (χ2n) is 12.2. The number of hydrogen-bond acceptors (Lipinski definition) is 5. The Balaban J connectivity index is 1.58. The lowest BCUT2D eigenvalue weighted by atomic mass is 9.42. The van der Waals surface area contributed by atoms with Crippen LogP contribution in [0, 0.1) is 28.1 Å². The van der Waals surface area contributed by atoms with Crippen LogP contribution in [-0.2, 0) is 9.59 Å². The van der Waals surface area contributed by atoms with Crippen molar-refractivity contribution in [3.8, 4) is 11.3 Å². The van der Waals surface area contributed by atoms with Gasteiger partial charge < -0.3 is 20.1 Å². The molecule has 2 aromatic rings. The van der Waals surface area contributed by atoms with Crippen molar-refractivity contribution in [1.82, 2.24) is 0 Å². The third-order valence-electron chi connectivity index (χ3n) is 10.3. The number of allylic oxidation sites excluding steroid dienone is 3. The first-order chi connectivity index (χ1) is 17.5. The fourth-order valence-electron chi connectivity index (χ4n) is 8.62. The number of nitrogen functional groups attached to an aromatic ring is 1. The number of carbonyl (C=O) groups is 2. The molecule has 6 unspecified atom stereocenters. The highest BCUT2D eigenvalue weighted by molar-refractivity contribution is 5.98. The number of aliphatic hydroxyl groups excluding tert-OH is 1. The number of fused-ring (bicyclic) bond motifs is 1. The Morgan fingerprint density at radius 3 is 2.51 bits per heavy atom.